The van der Waals surface area contributed by atoms with Crippen molar-refractivity contribution in [3.63, 3.8) is 0 Å². The maximum absolute atomic E-state index is 11.9. The van der Waals surface area contributed by atoms with Crippen molar-refractivity contribution in [3.8, 4) is 0 Å². The lowest BCUT2D eigenvalue weighted by Crippen LogP contribution is -2.69. The first-order chi connectivity index (χ1) is 8.66. The second-order valence-electron chi connectivity index (χ2n) is 7.60. The second kappa shape index (κ2) is 3.73. The Kier molecular flexibility index (Phi) is 2.63. The molecule has 4 aliphatic carbocycles. The second-order valence-corrected chi connectivity index (χ2v) is 7.60. The molecule has 19 heavy (non-hydrogen) atoms. The van der Waals surface area contributed by atoms with Gasteiger partial charge in [-0.3, -0.25) is 4.79 Å². The fourth-order valence-electron chi connectivity index (χ4n) is 4.63. The highest BCUT2D eigenvalue weighted by Crippen LogP contribution is 2.62. The Hall–Kier alpha value is -0.610. The van der Waals surface area contributed by atoms with Crippen LogP contribution in [0.4, 0.5) is 0 Å². The van der Waals surface area contributed by atoms with E-state index >= 15 is 0 Å². The van der Waals surface area contributed by atoms with E-state index in [0.717, 1.165) is 0 Å². The van der Waals surface area contributed by atoms with Gasteiger partial charge in [-0.05, 0) is 44.4 Å². The van der Waals surface area contributed by atoms with Crippen molar-refractivity contribution >= 4 is 5.97 Å². The summed E-state index contributed by atoms with van der Waals surface area (Å²) in [5, 5.41) is 21.3. The summed E-state index contributed by atoms with van der Waals surface area (Å²) >= 11 is 0. The van der Waals surface area contributed by atoms with E-state index in [0.29, 0.717) is 32.1 Å². The molecule has 0 radical (unpaired) electrons. The van der Waals surface area contributed by atoms with Crippen LogP contribution in [0.5, 0.6) is 0 Å². The quantitative estimate of drug-likeness (QED) is 0.747. The highest BCUT2D eigenvalue weighted by Gasteiger charge is 2.66. The number of esters is 1. The zero-order valence-corrected chi connectivity index (χ0v) is 12.0. The van der Waals surface area contributed by atoms with Crippen LogP contribution in [0.1, 0.15) is 52.9 Å². The fraction of sp³-hybridized carbons (Fsp3) is 0.933. The molecule has 0 heterocycles. The Balaban J connectivity index is 1.88. The van der Waals surface area contributed by atoms with Gasteiger partial charge in [-0.2, -0.15) is 0 Å². The summed E-state index contributed by atoms with van der Waals surface area (Å²) in [4.78, 5) is 11.9. The standard InChI is InChI=1S/C15H24O4/c1-9(2)12(16)19-15-6-10-4-14(18,8-15)5-11(7-15)13(10,3)17/h9-11,17-18H,4-8H2,1-3H3. The molecule has 4 saturated carbocycles. The lowest BCUT2D eigenvalue weighted by molar-refractivity contribution is -0.273. The maximum Gasteiger partial charge on any atom is 0.308 e. The van der Waals surface area contributed by atoms with E-state index in [2.05, 4.69) is 0 Å². The number of carbonyl (C=O) groups excluding carboxylic acids is 1. The van der Waals surface area contributed by atoms with Crippen molar-refractivity contribution in [1.82, 2.24) is 0 Å². The molecule has 2 unspecified atom stereocenters. The number of hydrogen-bond acceptors (Lipinski definition) is 4. The fourth-order valence-corrected chi connectivity index (χ4v) is 4.63. The van der Waals surface area contributed by atoms with Gasteiger partial charge in [-0.25, -0.2) is 0 Å². The SMILES string of the molecule is CC(C)C(=O)OC12CC3CC(O)(CC(C1)C3(C)O)C2. The van der Waals surface area contributed by atoms with Crippen LogP contribution < -0.4 is 0 Å². The predicted octanol–water partition coefficient (Wildman–Crippen LogP) is 1.63. The summed E-state index contributed by atoms with van der Waals surface area (Å²) in [7, 11) is 0. The molecule has 0 spiro atoms. The van der Waals surface area contributed by atoms with Crippen molar-refractivity contribution in [2.24, 2.45) is 17.8 Å². The molecular weight excluding hydrogens is 244 g/mol. The van der Waals surface area contributed by atoms with Gasteiger partial charge < -0.3 is 14.9 Å². The van der Waals surface area contributed by atoms with Gasteiger partial charge in [0.1, 0.15) is 5.60 Å². The first-order valence-electron chi connectivity index (χ1n) is 7.33. The van der Waals surface area contributed by atoms with Crippen molar-refractivity contribution in [2.75, 3.05) is 0 Å². The normalized spacial score (nSPS) is 51.7. The van der Waals surface area contributed by atoms with E-state index in [-0.39, 0.29) is 23.7 Å². The Labute approximate surface area is 114 Å². The average molecular weight is 268 g/mol. The summed E-state index contributed by atoms with van der Waals surface area (Å²) in [6.45, 7) is 5.53. The van der Waals surface area contributed by atoms with Crippen molar-refractivity contribution in [2.45, 2.75) is 69.7 Å². The third-order valence-electron chi connectivity index (χ3n) is 5.58. The topological polar surface area (TPSA) is 66.8 Å². The molecule has 0 saturated heterocycles. The highest BCUT2D eigenvalue weighted by atomic mass is 16.6. The molecule has 2 N–H and O–H groups in total. The molecule has 0 amide bonds. The molecule has 4 heteroatoms. The van der Waals surface area contributed by atoms with Crippen LogP contribution in [-0.2, 0) is 9.53 Å². The van der Waals surface area contributed by atoms with Gasteiger partial charge in [0.05, 0.1) is 17.1 Å². The smallest absolute Gasteiger partial charge is 0.308 e. The maximum atomic E-state index is 11.9. The first-order valence-corrected chi connectivity index (χ1v) is 7.33. The molecule has 0 aromatic rings. The van der Waals surface area contributed by atoms with E-state index in [4.69, 9.17) is 4.74 Å². The van der Waals surface area contributed by atoms with Crippen LogP contribution in [0.3, 0.4) is 0 Å². The van der Waals surface area contributed by atoms with Crippen LogP contribution in [0, 0.1) is 17.8 Å². The Morgan fingerprint density at radius 1 is 1.16 bits per heavy atom. The van der Waals surface area contributed by atoms with Crippen LogP contribution in [0.15, 0.2) is 0 Å². The van der Waals surface area contributed by atoms with E-state index in [9.17, 15) is 15.0 Å². The lowest BCUT2D eigenvalue weighted by Gasteiger charge is -2.64. The van der Waals surface area contributed by atoms with Crippen LogP contribution in [-0.4, -0.2) is 33.0 Å². The van der Waals surface area contributed by atoms with Crippen LogP contribution in [0.25, 0.3) is 0 Å². The molecule has 4 nitrogen and oxygen atoms in total. The van der Waals surface area contributed by atoms with E-state index in [1.807, 2.05) is 20.8 Å². The molecule has 4 fully saturated rings. The minimum absolute atomic E-state index is 0.0405. The van der Waals surface area contributed by atoms with Crippen LogP contribution in [0.2, 0.25) is 0 Å². The zero-order chi connectivity index (χ0) is 14.1. The molecular formula is C15H24O4. The van der Waals surface area contributed by atoms with Gasteiger partial charge in [0.2, 0.25) is 0 Å². The summed E-state index contributed by atoms with van der Waals surface area (Å²) in [5.74, 6) is -0.259. The van der Waals surface area contributed by atoms with Crippen molar-refractivity contribution < 1.29 is 19.7 Å². The molecule has 108 valence electrons. The summed E-state index contributed by atoms with van der Waals surface area (Å²) in [6, 6.07) is 0. The molecule has 0 aliphatic heterocycles. The Bertz CT molecular complexity index is 394. The number of carbonyl (C=O) groups is 1. The summed E-state index contributed by atoms with van der Waals surface area (Å²) < 4.78 is 5.76. The molecule has 0 aromatic carbocycles. The van der Waals surface area contributed by atoms with Gasteiger partial charge in [0.15, 0.2) is 0 Å². The van der Waals surface area contributed by atoms with Gasteiger partial charge in [0.25, 0.3) is 0 Å². The highest BCUT2D eigenvalue weighted by molar-refractivity contribution is 5.72. The number of ether oxygens (including phenoxy) is 1. The lowest BCUT2D eigenvalue weighted by atomic mass is 9.47. The molecule has 2 atom stereocenters. The molecule has 4 aliphatic rings. The van der Waals surface area contributed by atoms with E-state index in [1.54, 1.807) is 0 Å². The third kappa shape index (κ3) is 1.91. The summed E-state index contributed by atoms with van der Waals surface area (Å²) in [6.07, 6.45) is 3.20. The predicted molar refractivity (Wildman–Crippen MR) is 69.3 cm³/mol. The molecule has 4 bridgehead atoms. The molecule has 4 rings (SSSR count). The zero-order valence-electron chi connectivity index (χ0n) is 12.0. The van der Waals surface area contributed by atoms with Gasteiger partial charge in [0, 0.05) is 6.42 Å². The van der Waals surface area contributed by atoms with Gasteiger partial charge >= 0.3 is 5.97 Å². The average Bonchev–Trinajstić information content (AvgIpc) is 2.23. The third-order valence-corrected chi connectivity index (χ3v) is 5.58. The van der Waals surface area contributed by atoms with Crippen molar-refractivity contribution in [3.05, 3.63) is 0 Å². The van der Waals surface area contributed by atoms with Crippen LogP contribution >= 0.6 is 0 Å². The monoisotopic (exact) mass is 268 g/mol. The number of hydrogen-bond donors (Lipinski definition) is 2. The van der Waals surface area contributed by atoms with E-state index in [1.165, 1.54) is 0 Å². The first kappa shape index (κ1) is 13.4. The minimum Gasteiger partial charge on any atom is -0.459 e. The Morgan fingerprint density at radius 2 is 1.68 bits per heavy atom. The number of rotatable bonds is 2. The largest absolute Gasteiger partial charge is 0.459 e. The van der Waals surface area contributed by atoms with Gasteiger partial charge in [-0.15, -0.1) is 0 Å². The van der Waals surface area contributed by atoms with E-state index < -0.39 is 16.8 Å². The van der Waals surface area contributed by atoms with Crippen molar-refractivity contribution in [1.29, 1.82) is 0 Å². The number of aliphatic hydroxyl groups is 2. The van der Waals surface area contributed by atoms with Gasteiger partial charge in [-0.1, -0.05) is 13.8 Å². The summed E-state index contributed by atoms with van der Waals surface area (Å²) in [5.41, 5.74) is -2.00. The minimum atomic E-state index is -0.745. The molecule has 0 aromatic heterocycles. The Morgan fingerprint density at radius 3 is 2.16 bits per heavy atom.